The van der Waals surface area contributed by atoms with Crippen LogP contribution in [0, 0.1) is 0 Å². The molecule has 0 unspecified atom stereocenters. The predicted molar refractivity (Wildman–Crippen MR) is 97.9 cm³/mol. The van der Waals surface area contributed by atoms with Gasteiger partial charge in [-0.15, -0.1) is 0 Å². The van der Waals surface area contributed by atoms with Crippen molar-refractivity contribution in [2.45, 2.75) is 17.5 Å². The van der Waals surface area contributed by atoms with Gasteiger partial charge >= 0.3 is 0 Å². The van der Waals surface area contributed by atoms with Crippen molar-refractivity contribution in [2.75, 3.05) is 7.05 Å². The number of hydrogen-bond acceptors (Lipinski definition) is 8. The SMILES string of the molecule is CN(Cc1ccc2nsnc2c1)C(=O)c1ccc(CSc2ncn[nH]2)o1. The predicted octanol–water partition coefficient (Wildman–Crippen LogP) is 2.97. The average molecular weight is 386 g/mol. The number of rotatable bonds is 6. The molecule has 0 radical (unpaired) electrons. The molecule has 4 rings (SSSR count). The molecule has 0 saturated carbocycles. The molecular formula is C16H14N6O2S2. The number of benzene rings is 1. The molecule has 3 heterocycles. The van der Waals surface area contributed by atoms with Crippen LogP contribution in [0.2, 0.25) is 0 Å². The summed E-state index contributed by atoms with van der Waals surface area (Å²) < 4.78 is 14.1. The number of nitrogens with zero attached hydrogens (tertiary/aromatic N) is 5. The summed E-state index contributed by atoms with van der Waals surface area (Å²) in [5.74, 6) is 1.42. The van der Waals surface area contributed by atoms with Crippen LogP contribution in [0.1, 0.15) is 21.9 Å². The van der Waals surface area contributed by atoms with Gasteiger partial charge in [-0.05, 0) is 29.8 Å². The molecule has 8 nitrogen and oxygen atoms in total. The molecule has 0 atom stereocenters. The molecule has 132 valence electrons. The Morgan fingerprint density at radius 3 is 3.00 bits per heavy atom. The Labute approximate surface area is 157 Å². The second-order valence-electron chi connectivity index (χ2n) is 5.59. The van der Waals surface area contributed by atoms with E-state index < -0.39 is 0 Å². The first kappa shape index (κ1) is 16.7. The van der Waals surface area contributed by atoms with Crippen LogP contribution in [0.5, 0.6) is 0 Å². The third kappa shape index (κ3) is 3.60. The first-order chi connectivity index (χ1) is 12.7. The Morgan fingerprint density at radius 2 is 2.15 bits per heavy atom. The highest BCUT2D eigenvalue weighted by atomic mass is 32.2. The van der Waals surface area contributed by atoms with Crippen LogP contribution >= 0.6 is 23.5 Å². The zero-order valence-electron chi connectivity index (χ0n) is 13.7. The lowest BCUT2D eigenvalue weighted by Crippen LogP contribution is -2.25. The highest BCUT2D eigenvalue weighted by Gasteiger charge is 2.17. The molecule has 1 amide bonds. The zero-order chi connectivity index (χ0) is 17.9. The summed E-state index contributed by atoms with van der Waals surface area (Å²) in [5.41, 5.74) is 2.71. The molecule has 0 bridgehead atoms. The van der Waals surface area contributed by atoms with E-state index in [2.05, 4.69) is 23.9 Å². The number of amides is 1. The van der Waals surface area contributed by atoms with E-state index in [0.29, 0.717) is 29.0 Å². The first-order valence-electron chi connectivity index (χ1n) is 7.72. The zero-order valence-corrected chi connectivity index (χ0v) is 15.4. The maximum absolute atomic E-state index is 12.6. The Morgan fingerprint density at radius 1 is 1.27 bits per heavy atom. The first-order valence-corrected chi connectivity index (χ1v) is 9.44. The smallest absolute Gasteiger partial charge is 0.289 e. The van der Waals surface area contributed by atoms with Crippen molar-refractivity contribution in [1.29, 1.82) is 0 Å². The van der Waals surface area contributed by atoms with Gasteiger partial charge in [-0.25, -0.2) is 4.98 Å². The second-order valence-corrected chi connectivity index (χ2v) is 7.09. The van der Waals surface area contributed by atoms with Gasteiger partial charge in [0.1, 0.15) is 23.1 Å². The van der Waals surface area contributed by atoms with Gasteiger partial charge in [-0.2, -0.15) is 13.8 Å². The minimum Gasteiger partial charge on any atom is -0.455 e. The Hall–Kier alpha value is -2.72. The lowest BCUT2D eigenvalue weighted by atomic mass is 10.2. The van der Waals surface area contributed by atoms with Gasteiger partial charge in [-0.3, -0.25) is 9.89 Å². The van der Waals surface area contributed by atoms with E-state index in [1.807, 2.05) is 18.2 Å². The summed E-state index contributed by atoms with van der Waals surface area (Å²) in [6.07, 6.45) is 1.45. The van der Waals surface area contributed by atoms with Gasteiger partial charge in [0.2, 0.25) is 0 Å². The number of carbonyl (C=O) groups is 1. The fourth-order valence-electron chi connectivity index (χ4n) is 2.43. The van der Waals surface area contributed by atoms with E-state index in [4.69, 9.17) is 4.42 Å². The summed E-state index contributed by atoms with van der Waals surface area (Å²) in [6, 6.07) is 9.32. The van der Waals surface area contributed by atoms with E-state index in [1.165, 1.54) is 29.8 Å². The van der Waals surface area contributed by atoms with E-state index in [-0.39, 0.29) is 5.91 Å². The maximum Gasteiger partial charge on any atom is 0.289 e. The largest absolute Gasteiger partial charge is 0.455 e. The van der Waals surface area contributed by atoms with Gasteiger partial charge in [0.05, 0.1) is 17.5 Å². The fourth-order valence-corrected chi connectivity index (χ4v) is 3.62. The minimum absolute atomic E-state index is 0.169. The lowest BCUT2D eigenvalue weighted by Gasteiger charge is -2.15. The minimum atomic E-state index is -0.169. The van der Waals surface area contributed by atoms with Crippen LogP contribution in [0.4, 0.5) is 0 Å². The van der Waals surface area contributed by atoms with E-state index in [1.54, 1.807) is 24.1 Å². The highest BCUT2D eigenvalue weighted by Crippen LogP contribution is 2.21. The van der Waals surface area contributed by atoms with Gasteiger partial charge in [0.25, 0.3) is 5.91 Å². The molecule has 10 heteroatoms. The Kier molecular flexibility index (Phi) is 4.67. The number of thioether (sulfide) groups is 1. The number of furan rings is 1. The third-order valence-corrected chi connectivity index (χ3v) is 5.16. The quantitative estimate of drug-likeness (QED) is 0.508. The van der Waals surface area contributed by atoms with Crippen LogP contribution in [-0.2, 0) is 12.3 Å². The van der Waals surface area contributed by atoms with Gasteiger partial charge in [-0.1, -0.05) is 17.8 Å². The van der Waals surface area contributed by atoms with Gasteiger partial charge in [0.15, 0.2) is 10.9 Å². The molecule has 1 N–H and O–H groups in total. The number of H-pyrrole nitrogens is 1. The number of fused-ring (bicyclic) bond motifs is 1. The van der Waals surface area contributed by atoms with Crippen LogP contribution in [0.25, 0.3) is 11.0 Å². The Balaban J connectivity index is 1.39. The van der Waals surface area contributed by atoms with Crippen molar-refractivity contribution >= 4 is 40.4 Å². The molecule has 26 heavy (non-hydrogen) atoms. The maximum atomic E-state index is 12.6. The summed E-state index contributed by atoms with van der Waals surface area (Å²) in [4.78, 5) is 18.2. The van der Waals surface area contributed by atoms with E-state index >= 15 is 0 Å². The van der Waals surface area contributed by atoms with Crippen molar-refractivity contribution in [1.82, 2.24) is 28.8 Å². The van der Waals surface area contributed by atoms with Crippen molar-refractivity contribution in [3.05, 3.63) is 53.7 Å². The van der Waals surface area contributed by atoms with E-state index in [9.17, 15) is 4.79 Å². The van der Waals surface area contributed by atoms with Gasteiger partial charge in [0, 0.05) is 13.6 Å². The van der Waals surface area contributed by atoms with Gasteiger partial charge < -0.3 is 9.32 Å². The van der Waals surface area contributed by atoms with Crippen molar-refractivity contribution in [3.8, 4) is 0 Å². The summed E-state index contributed by atoms with van der Waals surface area (Å²) in [6.45, 7) is 0.467. The lowest BCUT2D eigenvalue weighted by molar-refractivity contribution is 0.0752. The second kappa shape index (κ2) is 7.26. The molecule has 0 fully saturated rings. The number of hydrogen-bond donors (Lipinski definition) is 1. The molecule has 0 aliphatic heterocycles. The van der Waals surface area contributed by atoms with Crippen LogP contribution < -0.4 is 0 Å². The summed E-state index contributed by atoms with van der Waals surface area (Å²) in [5, 5.41) is 7.27. The molecular weight excluding hydrogens is 372 g/mol. The fraction of sp³-hybridized carbons (Fsp3) is 0.188. The third-order valence-electron chi connectivity index (χ3n) is 3.70. The molecule has 0 saturated heterocycles. The normalized spacial score (nSPS) is 11.1. The highest BCUT2D eigenvalue weighted by molar-refractivity contribution is 7.98. The average Bonchev–Trinajstić information content (AvgIpc) is 3.39. The molecule has 0 aliphatic carbocycles. The van der Waals surface area contributed by atoms with Crippen LogP contribution in [-0.4, -0.2) is 41.8 Å². The van der Waals surface area contributed by atoms with Crippen molar-refractivity contribution in [2.24, 2.45) is 0 Å². The topological polar surface area (TPSA) is 101 Å². The molecule has 1 aromatic carbocycles. The number of nitrogens with one attached hydrogen (secondary N) is 1. The van der Waals surface area contributed by atoms with Crippen molar-refractivity contribution in [3.63, 3.8) is 0 Å². The Bertz CT molecular complexity index is 1030. The number of aromatic nitrogens is 5. The summed E-state index contributed by atoms with van der Waals surface area (Å²) >= 11 is 2.64. The number of aromatic amines is 1. The molecule has 0 spiro atoms. The van der Waals surface area contributed by atoms with Crippen LogP contribution in [0.15, 0.2) is 46.2 Å². The summed E-state index contributed by atoms with van der Waals surface area (Å²) in [7, 11) is 1.75. The molecule has 0 aliphatic rings. The molecule has 3 aromatic heterocycles. The standard InChI is InChI=1S/C16H14N6O2S2/c1-22(7-10-2-4-12-13(6-10)21-26-20-12)15(23)14-5-3-11(24-14)8-25-16-17-9-18-19-16/h2-6,9H,7-8H2,1H3,(H,17,18,19). The van der Waals surface area contributed by atoms with E-state index in [0.717, 1.165) is 16.6 Å². The monoisotopic (exact) mass is 386 g/mol. The van der Waals surface area contributed by atoms with Crippen molar-refractivity contribution < 1.29 is 9.21 Å². The molecule has 4 aromatic rings. The van der Waals surface area contributed by atoms with Crippen LogP contribution in [0.3, 0.4) is 0 Å². The number of carbonyl (C=O) groups excluding carboxylic acids is 1.